The van der Waals surface area contributed by atoms with Crippen molar-refractivity contribution < 1.29 is 51.2 Å². The average molecular weight is 880 g/mol. The van der Waals surface area contributed by atoms with Gasteiger partial charge in [-0.1, -0.05) is 0 Å². The first-order valence-corrected chi connectivity index (χ1v) is 17.7. The Morgan fingerprint density at radius 1 is 0.283 bits per heavy atom. The Hall–Kier alpha value is -2.48. The molecule has 14 nitrogen and oxygen atoms in total. The summed E-state index contributed by atoms with van der Waals surface area (Å²) in [5.74, 6) is 0. The van der Waals surface area contributed by atoms with Gasteiger partial charge in [-0.05, 0) is 117 Å². The minimum absolute atomic E-state index is 0. The van der Waals surface area contributed by atoms with Crippen molar-refractivity contribution in [2.24, 2.45) is 0 Å². The van der Waals surface area contributed by atoms with Crippen LogP contribution in [-0.2, 0) is 51.2 Å². The van der Waals surface area contributed by atoms with E-state index in [-0.39, 0.29) is 51.2 Å². The van der Waals surface area contributed by atoms with Gasteiger partial charge in [0.2, 0.25) is 0 Å². The number of hydrogen-bond donors (Lipinski definition) is 0. The summed E-state index contributed by atoms with van der Waals surface area (Å²) in [4.78, 5) is 31.1. The molecule has 6 aliphatic heterocycles. The Kier molecular flexibility index (Phi) is 21.2. The van der Waals surface area contributed by atoms with E-state index in [2.05, 4.69) is 225 Å². The number of rotatable bonds is 18. The van der Waals surface area contributed by atoms with Crippen LogP contribution in [0.25, 0.3) is 0 Å². The molecule has 0 unspecified atom stereocenters. The molecule has 0 amide bonds. The van der Waals surface area contributed by atoms with Crippen LogP contribution in [0.3, 0.4) is 0 Å². The standard InChI is InChI=1S/2C18H30N7.3Cu/c2*1-19-4-7-23(16-19)13-10-22(11-14-24-8-5-20(2)17-24)12-15-25-9-6-21(3)18-25;;;/h2*4-9,16-18H,10-15H2,1-3H3;;;/q2*-3;3*+1. The van der Waals surface area contributed by atoms with Gasteiger partial charge in [-0.2, -0.15) is 40.0 Å². The van der Waals surface area contributed by atoms with Gasteiger partial charge in [-0.25, -0.2) is 0 Å². The molecular formula is C36H60Cu3N14-3. The summed E-state index contributed by atoms with van der Waals surface area (Å²) >= 11 is 0. The van der Waals surface area contributed by atoms with Gasteiger partial charge in [-0.15, -0.1) is 0 Å². The molecule has 0 aromatic carbocycles. The molecule has 6 aliphatic rings. The Balaban J connectivity index is 0.000000347. The minimum atomic E-state index is 0. The van der Waals surface area contributed by atoms with Crippen LogP contribution in [0.15, 0.2) is 74.4 Å². The van der Waals surface area contributed by atoms with Gasteiger partial charge < -0.3 is 58.8 Å². The van der Waals surface area contributed by atoms with Crippen molar-refractivity contribution in [1.29, 1.82) is 0 Å². The molecule has 53 heavy (non-hydrogen) atoms. The van der Waals surface area contributed by atoms with Gasteiger partial charge in [0, 0.05) is 78.5 Å². The first-order chi connectivity index (χ1) is 24.2. The van der Waals surface area contributed by atoms with Crippen molar-refractivity contribution in [2.75, 3.05) is 121 Å². The first kappa shape index (κ1) is 46.7. The summed E-state index contributed by atoms with van der Waals surface area (Å²) in [6.45, 7) is 25.2. The van der Waals surface area contributed by atoms with Crippen molar-refractivity contribution >= 4 is 0 Å². The minimum Gasteiger partial charge on any atom is -0.511 e. The summed E-state index contributed by atoms with van der Waals surface area (Å²) in [7, 11) is 12.4. The molecular weight excluding hydrogens is 819 g/mol. The predicted octanol–water partition coefficient (Wildman–Crippen LogP) is 1.60. The molecule has 6 heterocycles. The molecule has 0 atom stereocenters. The summed E-state index contributed by atoms with van der Waals surface area (Å²) in [5, 5.41) is 0. The molecule has 0 N–H and O–H groups in total. The van der Waals surface area contributed by atoms with Crippen LogP contribution in [0.5, 0.6) is 0 Å². The second kappa shape index (κ2) is 24.1. The van der Waals surface area contributed by atoms with Gasteiger partial charge >= 0.3 is 51.2 Å². The summed E-state index contributed by atoms with van der Waals surface area (Å²) in [6, 6.07) is 0. The van der Waals surface area contributed by atoms with E-state index in [1.54, 1.807) is 0 Å². The zero-order chi connectivity index (χ0) is 35.3. The third kappa shape index (κ3) is 16.8. The predicted molar refractivity (Wildman–Crippen MR) is 200 cm³/mol. The van der Waals surface area contributed by atoms with E-state index in [0.29, 0.717) is 0 Å². The van der Waals surface area contributed by atoms with Crippen LogP contribution in [0.4, 0.5) is 0 Å². The fourth-order valence-corrected chi connectivity index (χ4v) is 6.02. The Morgan fingerprint density at radius 3 is 0.547 bits per heavy atom. The molecule has 0 fully saturated rings. The maximum atomic E-state index is 2.54. The van der Waals surface area contributed by atoms with Gasteiger partial charge in [0.1, 0.15) is 0 Å². The SMILES string of the molecule is CN1C=CN(CCN(CCN2C=CN(C)[CH-]2)CCN2C=CN(C)[CH-]2)[CH-]1.CN1C=CN(CCN(CCN2C=CN(C)[CH-]2)CCN2C=CN(C)[CH-]2)[CH-]1.[Cu+].[Cu+].[Cu+]. The van der Waals surface area contributed by atoms with Gasteiger partial charge in [0.05, 0.1) is 0 Å². The summed E-state index contributed by atoms with van der Waals surface area (Å²) in [6.07, 6.45) is 25.3. The van der Waals surface area contributed by atoms with Crippen LogP contribution in [0, 0.1) is 40.0 Å². The molecule has 0 aromatic rings. The second-order valence-electron chi connectivity index (χ2n) is 13.6. The molecule has 0 saturated heterocycles. The quantitative estimate of drug-likeness (QED) is 0.148. The topological polar surface area (TPSA) is 45.4 Å². The largest absolute Gasteiger partial charge is 1.00 e. The van der Waals surface area contributed by atoms with Crippen molar-refractivity contribution in [2.45, 2.75) is 0 Å². The Labute approximate surface area is 353 Å². The fraction of sp³-hybridized carbons (Fsp3) is 0.500. The van der Waals surface area contributed by atoms with Gasteiger partial charge in [0.15, 0.2) is 0 Å². The molecule has 0 bridgehead atoms. The van der Waals surface area contributed by atoms with E-state index in [0.717, 1.165) is 78.5 Å². The van der Waals surface area contributed by atoms with Crippen LogP contribution in [0.2, 0.25) is 0 Å². The van der Waals surface area contributed by atoms with Crippen LogP contribution in [0.1, 0.15) is 0 Å². The van der Waals surface area contributed by atoms with Crippen molar-refractivity contribution in [1.82, 2.24) is 68.6 Å². The Morgan fingerprint density at radius 2 is 0.434 bits per heavy atom. The maximum Gasteiger partial charge on any atom is 1.00 e. The van der Waals surface area contributed by atoms with Crippen molar-refractivity contribution in [3.05, 3.63) is 114 Å². The molecule has 0 aromatic heterocycles. The summed E-state index contributed by atoms with van der Waals surface area (Å²) < 4.78 is 0. The Bertz CT molecular complexity index is 971. The van der Waals surface area contributed by atoms with E-state index in [9.17, 15) is 0 Å². The smallest absolute Gasteiger partial charge is 0.511 e. The molecule has 17 heteroatoms. The molecule has 0 aliphatic carbocycles. The third-order valence-corrected chi connectivity index (χ3v) is 8.99. The fourth-order valence-electron chi connectivity index (χ4n) is 6.02. The van der Waals surface area contributed by atoms with Crippen LogP contribution < -0.4 is 0 Å². The van der Waals surface area contributed by atoms with Gasteiger partial charge in [0.25, 0.3) is 0 Å². The average Bonchev–Trinajstić information content (AvgIpc) is 3.95. The van der Waals surface area contributed by atoms with E-state index >= 15 is 0 Å². The molecule has 6 rings (SSSR count). The first-order valence-electron chi connectivity index (χ1n) is 17.7. The maximum absolute atomic E-state index is 2.54. The number of nitrogens with zero attached hydrogens (tertiary/aromatic N) is 14. The zero-order valence-corrected chi connectivity index (χ0v) is 34.9. The van der Waals surface area contributed by atoms with E-state index in [4.69, 9.17) is 0 Å². The third-order valence-electron chi connectivity index (χ3n) is 8.99. The van der Waals surface area contributed by atoms with Crippen molar-refractivity contribution in [3.63, 3.8) is 0 Å². The number of hydrogen-bond acceptors (Lipinski definition) is 14. The molecule has 0 radical (unpaired) electrons. The summed E-state index contributed by atoms with van der Waals surface area (Å²) in [5.41, 5.74) is 0. The molecule has 0 saturated carbocycles. The van der Waals surface area contributed by atoms with E-state index < -0.39 is 0 Å². The van der Waals surface area contributed by atoms with Gasteiger partial charge in [-0.3, -0.25) is 9.80 Å². The normalized spacial score (nSPS) is 18.6. The zero-order valence-electron chi connectivity index (χ0n) is 32.0. The molecule has 310 valence electrons. The second-order valence-corrected chi connectivity index (χ2v) is 13.6. The molecule has 0 spiro atoms. The van der Waals surface area contributed by atoms with Crippen molar-refractivity contribution in [3.8, 4) is 0 Å². The van der Waals surface area contributed by atoms with E-state index in [1.165, 1.54) is 0 Å². The van der Waals surface area contributed by atoms with Crippen LogP contribution in [-0.4, -0.2) is 189 Å². The van der Waals surface area contributed by atoms with E-state index in [1.807, 2.05) is 0 Å². The monoisotopic (exact) mass is 877 g/mol. The van der Waals surface area contributed by atoms with Crippen LogP contribution >= 0.6 is 0 Å².